The molecular formula is C12H12ClN3O3S. The maximum Gasteiger partial charge on any atom is 0.321 e. The lowest BCUT2D eigenvalue weighted by Crippen LogP contribution is -2.32. The van der Waals surface area contributed by atoms with Crippen LogP contribution in [0.15, 0.2) is 28.8 Å². The number of nitrogens with zero attached hydrogens (tertiary/aromatic N) is 2. The van der Waals surface area contributed by atoms with Gasteiger partial charge in [-0.05, 0) is 24.3 Å². The summed E-state index contributed by atoms with van der Waals surface area (Å²) < 4.78 is 5.13. The number of carboxylic acid groups (broad SMARTS) is 1. The first kappa shape index (κ1) is 14.8. The topological polar surface area (TPSA) is 102 Å². The zero-order valence-corrected chi connectivity index (χ0v) is 11.9. The molecule has 0 radical (unpaired) electrons. The first-order valence-electron chi connectivity index (χ1n) is 5.71. The van der Waals surface area contributed by atoms with Gasteiger partial charge in [0.25, 0.3) is 5.89 Å². The third kappa shape index (κ3) is 3.96. The highest BCUT2D eigenvalue weighted by atomic mass is 35.5. The summed E-state index contributed by atoms with van der Waals surface area (Å²) in [5.74, 6) is 0.614. The quantitative estimate of drug-likeness (QED) is 0.841. The maximum atomic E-state index is 10.6. The molecule has 1 aromatic heterocycles. The number of aromatic nitrogens is 2. The van der Waals surface area contributed by atoms with Crippen LogP contribution in [0.5, 0.6) is 0 Å². The molecule has 0 aliphatic rings. The van der Waals surface area contributed by atoms with Crippen molar-refractivity contribution in [3.05, 3.63) is 35.1 Å². The van der Waals surface area contributed by atoms with E-state index in [0.29, 0.717) is 28.2 Å². The SMILES string of the molecule is N[C@H](CSCc1noc(-c2ccc(Cl)cc2)n1)C(=O)O. The van der Waals surface area contributed by atoms with Crippen molar-refractivity contribution >= 4 is 29.3 Å². The van der Waals surface area contributed by atoms with E-state index >= 15 is 0 Å². The number of carbonyl (C=O) groups is 1. The van der Waals surface area contributed by atoms with Crippen molar-refractivity contribution in [2.24, 2.45) is 5.73 Å². The lowest BCUT2D eigenvalue weighted by atomic mass is 10.2. The van der Waals surface area contributed by atoms with Crippen molar-refractivity contribution in [1.82, 2.24) is 10.1 Å². The number of thioether (sulfide) groups is 1. The molecule has 0 aliphatic heterocycles. The van der Waals surface area contributed by atoms with Gasteiger partial charge in [-0.1, -0.05) is 16.8 Å². The van der Waals surface area contributed by atoms with E-state index in [9.17, 15) is 4.79 Å². The highest BCUT2D eigenvalue weighted by molar-refractivity contribution is 7.98. The smallest absolute Gasteiger partial charge is 0.321 e. The van der Waals surface area contributed by atoms with Crippen LogP contribution in [0, 0.1) is 0 Å². The molecular weight excluding hydrogens is 302 g/mol. The van der Waals surface area contributed by atoms with Crippen LogP contribution < -0.4 is 5.73 Å². The van der Waals surface area contributed by atoms with Gasteiger partial charge < -0.3 is 15.4 Å². The zero-order chi connectivity index (χ0) is 14.5. The molecule has 106 valence electrons. The van der Waals surface area contributed by atoms with Gasteiger partial charge in [-0.25, -0.2) is 0 Å². The molecule has 8 heteroatoms. The van der Waals surface area contributed by atoms with Crippen molar-refractivity contribution < 1.29 is 14.4 Å². The zero-order valence-electron chi connectivity index (χ0n) is 10.3. The molecule has 2 aromatic rings. The number of carboxylic acids is 1. The average molecular weight is 314 g/mol. The molecule has 20 heavy (non-hydrogen) atoms. The van der Waals surface area contributed by atoms with E-state index in [1.165, 1.54) is 11.8 Å². The molecule has 2 rings (SSSR count). The number of benzene rings is 1. The molecule has 0 saturated carbocycles. The lowest BCUT2D eigenvalue weighted by Gasteiger charge is -2.03. The summed E-state index contributed by atoms with van der Waals surface area (Å²) >= 11 is 7.14. The average Bonchev–Trinajstić information content (AvgIpc) is 2.88. The maximum absolute atomic E-state index is 10.6. The van der Waals surface area contributed by atoms with Crippen LogP contribution in [0.3, 0.4) is 0 Å². The van der Waals surface area contributed by atoms with Crippen LogP contribution in [-0.4, -0.2) is 33.0 Å². The Morgan fingerprint density at radius 1 is 1.45 bits per heavy atom. The molecule has 1 aromatic carbocycles. The molecule has 6 nitrogen and oxygen atoms in total. The van der Waals surface area contributed by atoms with Crippen molar-refractivity contribution in [3.63, 3.8) is 0 Å². The Kier molecular flexibility index (Phi) is 4.99. The van der Waals surface area contributed by atoms with Gasteiger partial charge in [-0.15, -0.1) is 0 Å². The van der Waals surface area contributed by atoms with Gasteiger partial charge in [0.2, 0.25) is 0 Å². The van der Waals surface area contributed by atoms with Crippen LogP contribution in [0.1, 0.15) is 5.82 Å². The highest BCUT2D eigenvalue weighted by Crippen LogP contribution is 2.20. The van der Waals surface area contributed by atoms with Crippen molar-refractivity contribution in [1.29, 1.82) is 0 Å². The highest BCUT2D eigenvalue weighted by Gasteiger charge is 2.13. The fraction of sp³-hybridized carbons (Fsp3) is 0.250. The van der Waals surface area contributed by atoms with Crippen molar-refractivity contribution in [3.8, 4) is 11.5 Å². The van der Waals surface area contributed by atoms with Crippen LogP contribution in [0.2, 0.25) is 5.02 Å². The van der Waals surface area contributed by atoms with E-state index in [2.05, 4.69) is 10.1 Å². The lowest BCUT2D eigenvalue weighted by molar-refractivity contribution is -0.137. The summed E-state index contributed by atoms with van der Waals surface area (Å²) in [6.07, 6.45) is 0. The summed E-state index contributed by atoms with van der Waals surface area (Å²) in [4.78, 5) is 14.8. The van der Waals surface area contributed by atoms with Gasteiger partial charge in [0.1, 0.15) is 6.04 Å². The Morgan fingerprint density at radius 2 is 2.15 bits per heavy atom. The number of aliphatic carboxylic acids is 1. The second kappa shape index (κ2) is 6.74. The molecule has 1 heterocycles. The Bertz CT molecular complexity index is 588. The summed E-state index contributed by atoms with van der Waals surface area (Å²) in [6.45, 7) is 0. The molecule has 0 bridgehead atoms. The first-order chi connectivity index (χ1) is 9.56. The fourth-order valence-corrected chi connectivity index (χ4v) is 2.31. The van der Waals surface area contributed by atoms with E-state index in [1.807, 2.05) is 0 Å². The molecule has 0 aliphatic carbocycles. The van der Waals surface area contributed by atoms with Crippen LogP contribution in [0.4, 0.5) is 0 Å². The van der Waals surface area contributed by atoms with E-state index in [4.69, 9.17) is 27.0 Å². The second-order valence-corrected chi connectivity index (χ2v) is 5.45. The molecule has 3 N–H and O–H groups in total. The van der Waals surface area contributed by atoms with Gasteiger partial charge in [0, 0.05) is 16.3 Å². The van der Waals surface area contributed by atoms with Crippen molar-refractivity contribution in [2.75, 3.05) is 5.75 Å². The Balaban J connectivity index is 1.92. The van der Waals surface area contributed by atoms with E-state index < -0.39 is 12.0 Å². The van der Waals surface area contributed by atoms with Gasteiger partial charge in [0.15, 0.2) is 5.82 Å². The monoisotopic (exact) mass is 313 g/mol. The van der Waals surface area contributed by atoms with E-state index in [1.54, 1.807) is 24.3 Å². The van der Waals surface area contributed by atoms with Crippen LogP contribution >= 0.6 is 23.4 Å². The van der Waals surface area contributed by atoms with Crippen LogP contribution in [0.25, 0.3) is 11.5 Å². The first-order valence-corrected chi connectivity index (χ1v) is 7.24. The Hall–Kier alpha value is -1.57. The predicted octanol–water partition coefficient (Wildman–Crippen LogP) is 2.04. The third-order valence-corrected chi connectivity index (χ3v) is 3.71. The molecule has 0 spiro atoms. The Labute approximate surface area is 124 Å². The van der Waals surface area contributed by atoms with E-state index in [0.717, 1.165) is 5.56 Å². The predicted molar refractivity (Wildman–Crippen MR) is 76.5 cm³/mol. The largest absolute Gasteiger partial charge is 0.480 e. The Morgan fingerprint density at radius 3 is 2.80 bits per heavy atom. The third-order valence-electron chi connectivity index (χ3n) is 2.41. The summed E-state index contributed by atoms with van der Waals surface area (Å²) in [5.41, 5.74) is 6.17. The fourth-order valence-electron chi connectivity index (χ4n) is 1.37. The van der Waals surface area contributed by atoms with Gasteiger partial charge >= 0.3 is 5.97 Å². The molecule has 0 amide bonds. The minimum Gasteiger partial charge on any atom is -0.480 e. The second-order valence-electron chi connectivity index (χ2n) is 3.98. The number of halogens is 1. The number of hydrogen-bond donors (Lipinski definition) is 2. The summed E-state index contributed by atoms with van der Waals surface area (Å²) in [5, 5.41) is 13.1. The normalized spacial score (nSPS) is 12.3. The number of rotatable bonds is 6. The molecule has 0 saturated heterocycles. The molecule has 0 fully saturated rings. The molecule has 0 unspecified atom stereocenters. The van der Waals surface area contributed by atoms with Gasteiger partial charge in [0.05, 0.1) is 5.75 Å². The molecule has 1 atom stereocenters. The standard InChI is InChI=1S/C12H12ClN3O3S/c13-8-3-1-7(2-4-8)11-15-10(16-19-11)6-20-5-9(14)12(17)18/h1-4,9H,5-6,14H2,(H,17,18)/t9-/m1/s1. The van der Waals surface area contributed by atoms with Crippen LogP contribution in [-0.2, 0) is 10.5 Å². The van der Waals surface area contributed by atoms with Gasteiger partial charge in [-0.3, -0.25) is 4.79 Å². The minimum atomic E-state index is -1.02. The summed E-state index contributed by atoms with van der Waals surface area (Å²) in [6, 6.07) is 6.16. The van der Waals surface area contributed by atoms with Crippen molar-refractivity contribution in [2.45, 2.75) is 11.8 Å². The van der Waals surface area contributed by atoms with Gasteiger partial charge in [-0.2, -0.15) is 16.7 Å². The minimum absolute atomic E-state index is 0.292. The number of nitrogens with two attached hydrogens (primary N) is 1. The summed E-state index contributed by atoms with van der Waals surface area (Å²) in [7, 11) is 0. The number of hydrogen-bond acceptors (Lipinski definition) is 6. The van der Waals surface area contributed by atoms with E-state index in [-0.39, 0.29) is 0 Å².